The van der Waals surface area contributed by atoms with Crippen molar-refractivity contribution in [1.82, 2.24) is 10.2 Å². The first-order valence-corrected chi connectivity index (χ1v) is 11.7. The Morgan fingerprint density at radius 2 is 1.77 bits per heavy atom. The third-order valence-electron chi connectivity index (χ3n) is 4.71. The molecule has 30 heavy (non-hydrogen) atoms. The second-order valence-electron chi connectivity index (χ2n) is 7.94. The van der Waals surface area contributed by atoms with Gasteiger partial charge in [0.05, 0.1) is 5.75 Å². The average molecular weight is 447 g/mol. The summed E-state index contributed by atoms with van der Waals surface area (Å²) in [5.41, 5.74) is 3.30. The quantitative estimate of drug-likeness (QED) is 0.554. The Morgan fingerprint density at radius 3 is 2.40 bits per heavy atom. The number of aryl methyl sites for hydroxylation is 1. The normalized spacial score (nSPS) is 11.9. The highest BCUT2D eigenvalue weighted by Crippen LogP contribution is 2.18. The van der Waals surface area contributed by atoms with Gasteiger partial charge in [0.1, 0.15) is 6.04 Å². The van der Waals surface area contributed by atoms with E-state index in [9.17, 15) is 9.59 Å². The lowest BCUT2D eigenvalue weighted by molar-refractivity contribution is -0.138. The van der Waals surface area contributed by atoms with Crippen LogP contribution in [0.2, 0.25) is 5.02 Å². The van der Waals surface area contributed by atoms with Gasteiger partial charge in [0.15, 0.2) is 0 Å². The lowest BCUT2D eigenvalue weighted by Crippen LogP contribution is -2.48. The molecule has 0 fully saturated rings. The maximum Gasteiger partial charge on any atom is 0.242 e. The van der Waals surface area contributed by atoms with Gasteiger partial charge in [-0.15, -0.1) is 11.8 Å². The Balaban J connectivity index is 2.05. The zero-order valence-electron chi connectivity index (χ0n) is 18.2. The summed E-state index contributed by atoms with van der Waals surface area (Å²) in [4.78, 5) is 27.3. The van der Waals surface area contributed by atoms with Gasteiger partial charge < -0.3 is 10.2 Å². The summed E-state index contributed by atoms with van der Waals surface area (Å²) in [6.07, 6.45) is 0. The van der Waals surface area contributed by atoms with E-state index >= 15 is 0 Å². The second-order valence-corrected chi connectivity index (χ2v) is 9.37. The van der Waals surface area contributed by atoms with Gasteiger partial charge in [-0.1, -0.05) is 67.4 Å². The lowest BCUT2D eigenvalue weighted by atomic mass is 10.1. The SMILES string of the molecule is Cc1ccc(CSCC(=O)N(Cc2cccc(Cl)c2)C(C)C(=O)NCC(C)C)cc1. The van der Waals surface area contributed by atoms with Crippen LogP contribution in [0, 0.1) is 12.8 Å². The van der Waals surface area contributed by atoms with Crippen LogP contribution in [-0.4, -0.2) is 35.1 Å². The number of carbonyl (C=O) groups excluding carboxylic acids is 2. The molecule has 1 atom stereocenters. The van der Waals surface area contributed by atoms with Crippen LogP contribution < -0.4 is 5.32 Å². The van der Waals surface area contributed by atoms with Gasteiger partial charge in [-0.3, -0.25) is 9.59 Å². The van der Waals surface area contributed by atoms with Crippen molar-refractivity contribution in [2.75, 3.05) is 12.3 Å². The fraction of sp³-hybridized carbons (Fsp3) is 0.417. The Labute approximate surface area is 189 Å². The molecule has 0 heterocycles. The summed E-state index contributed by atoms with van der Waals surface area (Å²) in [6.45, 7) is 8.86. The van der Waals surface area contributed by atoms with Crippen LogP contribution in [0.5, 0.6) is 0 Å². The molecule has 4 nitrogen and oxygen atoms in total. The van der Waals surface area contributed by atoms with Crippen LogP contribution in [0.15, 0.2) is 48.5 Å². The third-order valence-corrected chi connectivity index (χ3v) is 5.93. The molecule has 2 rings (SSSR count). The molecule has 0 bridgehead atoms. The molecule has 2 aromatic carbocycles. The summed E-state index contributed by atoms with van der Waals surface area (Å²) in [7, 11) is 0. The van der Waals surface area contributed by atoms with Gasteiger partial charge in [0, 0.05) is 23.9 Å². The van der Waals surface area contributed by atoms with E-state index in [2.05, 4.69) is 36.5 Å². The summed E-state index contributed by atoms with van der Waals surface area (Å²) in [5, 5.41) is 3.55. The van der Waals surface area contributed by atoms with Gasteiger partial charge >= 0.3 is 0 Å². The summed E-state index contributed by atoms with van der Waals surface area (Å²) >= 11 is 7.67. The number of hydrogen-bond acceptors (Lipinski definition) is 3. The Kier molecular flexibility index (Phi) is 9.73. The molecule has 0 spiro atoms. The van der Waals surface area contributed by atoms with Crippen LogP contribution in [0.4, 0.5) is 0 Å². The minimum atomic E-state index is -0.560. The zero-order valence-corrected chi connectivity index (χ0v) is 19.7. The van der Waals surface area contributed by atoms with E-state index in [-0.39, 0.29) is 11.8 Å². The first-order valence-electron chi connectivity index (χ1n) is 10.2. The van der Waals surface area contributed by atoms with Crippen LogP contribution in [0.1, 0.15) is 37.5 Å². The van der Waals surface area contributed by atoms with Crippen LogP contribution >= 0.6 is 23.4 Å². The summed E-state index contributed by atoms with van der Waals surface area (Å²) in [6, 6.07) is 15.2. The van der Waals surface area contributed by atoms with Crippen molar-refractivity contribution in [3.63, 3.8) is 0 Å². The number of halogens is 1. The molecule has 0 aliphatic rings. The third kappa shape index (κ3) is 8.04. The van der Waals surface area contributed by atoms with E-state index in [1.807, 2.05) is 32.0 Å². The molecule has 0 saturated carbocycles. The van der Waals surface area contributed by atoms with Crippen molar-refractivity contribution in [2.45, 2.75) is 46.0 Å². The first-order chi connectivity index (χ1) is 14.3. The van der Waals surface area contributed by atoms with E-state index < -0.39 is 6.04 Å². The fourth-order valence-corrected chi connectivity index (χ4v) is 3.97. The molecule has 1 N–H and O–H groups in total. The topological polar surface area (TPSA) is 49.4 Å². The van der Waals surface area contributed by atoms with E-state index in [4.69, 9.17) is 11.6 Å². The predicted octanol–water partition coefficient (Wildman–Crippen LogP) is 5.07. The molecule has 0 aliphatic heterocycles. The Hall–Kier alpha value is -1.98. The maximum absolute atomic E-state index is 13.1. The number of benzene rings is 2. The highest BCUT2D eigenvalue weighted by atomic mass is 35.5. The van der Waals surface area contributed by atoms with Crippen molar-refractivity contribution < 1.29 is 9.59 Å². The van der Waals surface area contributed by atoms with Gasteiger partial charge in [-0.05, 0) is 43.0 Å². The number of hydrogen-bond donors (Lipinski definition) is 1. The number of rotatable bonds is 10. The number of nitrogens with one attached hydrogen (secondary N) is 1. The molecule has 2 amide bonds. The number of carbonyl (C=O) groups is 2. The van der Waals surface area contributed by atoms with E-state index in [0.717, 1.165) is 11.3 Å². The largest absolute Gasteiger partial charge is 0.354 e. The molecule has 1 unspecified atom stereocenters. The molecule has 2 aromatic rings. The smallest absolute Gasteiger partial charge is 0.242 e. The highest BCUT2D eigenvalue weighted by Gasteiger charge is 2.26. The van der Waals surface area contributed by atoms with E-state index in [1.54, 1.807) is 29.7 Å². The molecular formula is C24H31ClN2O2S. The van der Waals surface area contributed by atoms with Crippen molar-refractivity contribution in [3.8, 4) is 0 Å². The minimum Gasteiger partial charge on any atom is -0.354 e. The summed E-state index contributed by atoms with van der Waals surface area (Å²) in [5.74, 6) is 1.23. The molecule has 0 aromatic heterocycles. The fourth-order valence-electron chi connectivity index (χ4n) is 2.89. The number of thioether (sulfide) groups is 1. The molecular weight excluding hydrogens is 416 g/mol. The molecule has 0 saturated heterocycles. The average Bonchev–Trinajstić information content (AvgIpc) is 2.71. The van der Waals surface area contributed by atoms with Gasteiger partial charge in [-0.2, -0.15) is 0 Å². The van der Waals surface area contributed by atoms with Gasteiger partial charge in [0.25, 0.3) is 0 Å². The van der Waals surface area contributed by atoms with E-state index in [1.165, 1.54) is 11.1 Å². The van der Waals surface area contributed by atoms with E-state index in [0.29, 0.717) is 29.8 Å². The van der Waals surface area contributed by atoms with Crippen molar-refractivity contribution in [1.29, 1.82) is 0 Å². The Morgan fingerprint density at radius 1 is 1.07 bits per heavy atom. The standard InChI is InChI=1S/C24H31ClN2O2S/c1-17(2)13-26-24(29)19(4)27(14-21-6-5-7-22(25)12-21)23(28)16-30-15-20-10-8-18(3)9-11-20/h5-12,17,19H,13-16H2,1-4H3,(H,26,29). The number of amides is 2. The molecule has 0 aliphatic carbocycles. The van der Waals surface area contributed by atoms with Crippen LogP contribution in [-0.2, 0) is 21.9 Å². The highest BCUT2D eigenvalue weighted by molar-refractivity contribution is 7.99. The van der Waals surface area contributed by atoms with Crippen molar-refractivity contribution >= 4 is 35.2 Å². The molecule has 162 valence electrons. The van der Waals surface area contributed by atoms with Crippen molar-refractivity contribution in [3.05, 3.63) is 70.2 Å². The predicted molar refractivity (Wildman–Crippen MR) is 127 cm³/mol. The lowest BCUT2D eigenvalue weighted by Gasteiger charge is -2.29. The second kappa shape index (κ2) is 12.0. The minimum absolute atomic E-state index is 0.0562. The Bertz CT molecular complexity index is 839. The monoisotopic (exact) mass is 446 g/mol. The van der Waals surface area contributed by atoms with Gasteiger partial charge in [0.2, 0.25) is 11.8 Å². The van der Waals surface area contributed by atoms with Crippen molar-refractivity contribution in [2.24, 2.45) is 5.92 Å². The first kappa shape index (κ1) is 24.3. The maximum atomic E-state index is 13.1. The molecule has 0 radical (unpaired) electrons. The van der Waals surface area contributed by atoms with Crippen LogP contribution in [0.3, 0.4) is 0 Å². The van der Waals surface area contributed by atoms with Gasteiger partial charge in [-0.25, -0.2) is 0 Å². The number of nitrogens with zero attached hydrogens (tertiary/aromatic N) is 1. The molecule has 6 heteroatoms. The van der Waals surface area contributed by atoms with Crippen LogP contribution in [0.25, 0.3) is 0 Å². The summed E-state index contributed by atoms with van der Waals surface area (Å²) < 4.78 is 0. The zero-order chi connectivity index (χ0) is 22.1.